The normalized spacial score (nSPS) is 10.0. The highest BCUT2D eigenvalue weighted by Crippen LogP contribution is 2.16. The number of carbonyl (C=O) groups is 1. The number of amides is 1. The van der Waals surface area contributed by atoms with Crippen molar-refractivity contribution in [3.63, 3.8) is 0 Å². The number of hydrogen-bond acceptors (Lipinski definition) is 3. The van der Waals surface area contributed by atoms with Crippen molar-refractivity contribution in [3.05, 3.63) is 24.0 Å². The van der Waals surface area contributed by atoms with E-state index >= 15 is 0 Å². The van der Waals surface area contributed by atoms with Crippen molar-refractivity contribution in [3.8, 4) is 0 Å². The average Bonchev–Trinajstić information content (AvgIpc) is 2.20. The van der Waals surface area contributed by atoms with Crippen molar-refractivity contribution in [2.75, 3.05) is 23.1 Å². The van der Waals surface area contributed by atoms with E-state index in [9.17, 15) is 9.18 Å². The van der Waals surface area contributed by atoms with Crippen molar-refractivity contribution in [1.82, 2.24) is 0 Å². The number of halogens is 1. The standard InChI is InChI=1S/C10H13FN2OS/c1-15-5-4-10(14)13-7-2-3-8(11)9(12)6-7/h2-3,6H,4-5,12H2,1H3,(H,13,14). The first-order valence-corrected chi connectivity index (χ1v) is 5.86. The van der Waals surface area contributed by atoms with Crippen LogP contribution in [0.25, 0.3) is 0 Å². The van der Waals surface area contributed by atoms with Crippen LogP contribution in [0.3, 0.4) is 0 Å². The molecule has 0 radical (unpaired) electrons. The lowest BCUT2D eigenvalue weighted by Crippen LogP contribution is -2.12. The zero-order valence-corrected chi connectivity index (χ0v) is 9.23. The quantitative estimate of drug-likeness (QED) is 0.776. The molecule has 0 aromatic heterocycles. The van der Waals surface area contributed by atoms with E-state index < -0.39 is 5.82 Å². The van der Waals surface area contributed by atoms with Crippen molar-refractivity contribution in [2.45, 2.75) is 6.42 Å². The maximum atomic E-state index is 12.8. The van der Waals surface area contributed by atoms with Gasteiger partial charge in [-0.1, -0.05) is 0 Å². The highest BCUT2D eigenvalue weighted by Gasteiger charge is 2.03. The summed E-state index contributed by atoms with van der Waals surface area (Å²) in [7, 11) is 0. The van der Waals surface area contributed by atoms with Crippen LogP contribution in [-0.2, 0) is 4.79 Å². The Morgan fingerprint density at radius 2 is 2.33 bits per heavy atom. The van der Waals surface area contributed by atoms with Crippen molar-refractivity contribution in [1.29, 1.82) is 0 Å². The summed E-state index contributed by atoms with van der Waals surface area (Å²) in [5.41, 5.74) is 5.93. The summed E-state index contributed by atoms with van der Waals surface area (Å²) in [5, 5.41) is 2.65. The molecular weight excluding hydrogens is 215 g/mol. The SMILES string of the molecule is CSCCC(=O)Nc1ccc(F)c(N)c1. The van der Waals surface area contributed by atoms with E-state index in [1.165, 1.54) is 18.2 Å². The molecule has 0 aliphatic heterocycles. The van der Waals surface area contributed by atoms with Crippen LogP contribution in [-0.4, -0.2) is 17.9 Å². The lowest BCUT2D eigenvalue weighted by molar-refractivity contribution is -0.115. The topological polar surface area (TPSA) is 55.1 Å². The molecule has 1 aromatic rings. The Bertz CT molecular complexity index is 357. The maximum Gasteiger partial charge on any atom is 0.225 e. The van der Waals surface area contributed by atoms with Crippen LogP contribution >= 0.6 is 11.8 Å². The van der Waals surface area contributed by atoms with Crippen molar-refractivity contribution in [2.24, 2.45) is 0 Å². The fourth-order valence-corrected chi connectivity index (χ4v) is 1.43. The molecule has 0 saturated heterocycles. The van der Waals surface area contributed by atoms with Gasteiger partial charge in [-0.05, 0) is 24.5 Å². The van der Waals surface area contributed by atoms with Gasteiger partial charge in [-0.25, -0.2) is 4.39 Å². The summed E-state index contributed by atoms with van der Waals surface area (Å²) < 4.78 is 12.8. The van der Waals surface area contributed by atoms with Gasteiger partial charge in [-0.15, -0.1) is 0 Å². The highest BCUT2D eigenvalue weighted by atomic mass is 32.2. The second kappa shape index (κ2) is 5.60. The summed E-state index contributed by atoms with van der Waals surface area (Å²) in [4.78, 5) is 11.3. The monoisotopic (exact) mass is 228 g/mol. The number of rotatable bonds is 4. The molecule has 0 heterocycles. The Morgan fingerprint density at radius 3 is 2.93 bits per heavy atom. The van der Waals surface area contributed by atoms with Gasteiger partial charge in [0.25, 0.3) is 0 Å². The highest BCUT2D eigenvalue weighted by molar-refractivity contribution is 7.98. The molecule has 1 rings (SSSR count). The lowest BCUT2D eigenvalue weighted by Gasteiger charge is -2.05. The molecule has 0 atom stereocenters. The van der Waals surface area contributed by atoms with Gasteiger partial charge in [0.1, 0.15) is 5.82 Å². The van der Waals surface area contributed by atoms with Gasteiger partial charge in [-0.3, -0.25) is 4.79 Å². The molecule has 0 aliphatic carbocycles. The first kappa shape index (κ1) is 11.8. The van der Waals surface area contributed by atoms with Crippen LogP contribution < -0.4 is 11.1 Å². The van der Waals surface area contributed by atoms with E-state index in [1.54, 1.807) is 11.8 Å². The lowest BCUT2D eigenvalue weighted by atomic mass is 10.2. The van der Waals surface area contributed by atoms with E-state index in [0.717, 1.165) is 5.75 Å². The van der Waals surface area contributed by atoms with Crippen LogP contribution in [0.5, 0.6) is 0 Å². The van der Waals surface area contributed by atoms with E-state index in [2.05, 4.69) is 5.32 Å². The number of benzene rings is 1. The first-order chi connectivity index (χ1) is 7.13. The predicted octanol–water partition coefficient (Wildman–Crippen LogP) is 2.10. The first-order valence-electron chi connectivity index (χ1n) is 4.47. The smallest absolute Gasteiger partial charge is 0.225 e. The second-order valence-electron chi connectivity index (χ2n) is 3.03. The largest absolute Gasteiger partial charge is 0.396 e. The number of carbonyl (C=O) groups excluding carboxylic acids is 1. The van der Waals surface area contributed by atoms with Crippen LogP contribution in [0.4, 0.5) is 15.8 Å². The van der Waals surface area contributed by atoms with Crippen LogP contribution in [0, 0.1) is 5.82 Å². The minimum Gasteiger partial charge on any atom is -0.396 e. The number of nitrogens with one attached hydrogen (secondary N) is 1. The van der Waals surface area contributed by atoms with Crippen molar-refractivity contribution < 1.29 is 9.18 Å². The minimum atomic E-state index is -0.475. The summed E-state index contributed by atoms with van der Waals surface area (Å²) in [6, 6.07) is 4.13. The minimum absolute atomic E-state index is 0.0395. The number of hydrogen-bond donors (Lipinski definition) is 2. The number of anilines is 2. The second-order valence-corrected chi connectivity index (χ2v) is 4.01. The molecule has 0 bridgehead atoms. The fraction of sp³-hybridized carbons (Fsp3) is 0.300. The molecular formula is C10H13FN2OS. The molecule has 3 nitrogen and oxygen atoms in total. The summed E-state index contributed by atoms with van der Waals surface area (Å²) in [6.07, 6.45) is 2.38. The number of thioether (sulfide) groups is 1. The molecule has 0 unspecified atom stereocenters. The van der Waals surface area contributed by atoms with Crippen molar-refractivity contribution >= 4 is 29.0 Å². The third-order valence-corrected chi connectivity index (χ3v) is 2.43. The van der Waals surface area contributed by atoms with E-state index in [1.807, 2.05) is 6.26 Å². The Balaban J connectivity index is 2.57. The van der Waals surface area contributed by atoms with Gasteiger partial charge in [0, 0.05) is 17.9 Å². The molecule has 3 N–H and O–H groups in total. The zero-order chi connectivity index (χ0) is 11.3. The molecule has 1 aromatic carbocycles. The maximum absolute atomic E-state index is 12.8. The van der Waals surface area contributed by atoms with E-state index in [0.29, 0.717) is 12.1 Å². The summed E-state index contributed by atoms with van der Waals surface area (Å²) >= 11 is 1.60. The average molecular weight is 228 g/mol. The van der Waals surface area contributed by atoms with E-state index in [4.69, 9.17) is 5.73 Å². The fourth-order valence-electron chi connectivity index (χ4n) is 1.04. The number of nitrogens with two attached hydrogens (primary N) is 1. The van der Waals surface area contributed by atoms with Crippen LogP contribution in [0.1, 0.15) is 6.42 Å². The summed E-state index contributed by atoms with van der Waals surface area (Å²) in [5.74, 6) is 0.204. The molecule has 0 spiro atoms. The molecule has 0 aliphatic rings. The molecule has 0 fully saturated rings. The van der Waals surface area contributed by atoms with Crippen LogP contribution in [0.15, 0.2) is 18.2 Å². The van der Waals surface area contributed by atoms with Gasteiger partial charge in [0.2, 0.25) is 5.91 Å². The van der Waals surface area contributed by atoms with Crippen LogP contribution in [0.2, 0.25) is 0 Å². The predicted molar refractivity (Wildman–Crippen MR) is 62.4 cm³/mol. The third-order valence-electron chi connectivity index (χ3n) is 1.81. The van der Waals surface area contributed by atoms with Gasteiger partial charge in [0.15, 0.2) is 0 Å². The van der Waals surface area contributed by atoms with Gasteiger partial charge >= 0.3 is 0 Å². The zero-order valence-electron chi connectivity index (χ0n) is 8.42. The third kappa shape index (κ3) is 3.79. The Kier molecular flexibility index (Phi) is 4.42. The molecule has 1 amide bonds. The van der Waals surface area contributed by atoms with Gasteiger partial charge in [0.05, 0.1) is 5.69 Å². The molecule has 5 heteroatoms. The van der Waals surface area contributed by atoms with Gasteiger partial charge in [-0.2, -0.15) is 11.8 Å². The summed E-state index contributed by atoms with van der Waals surface area (Å²) in [6.45, 7) is 0. The van der Waals surface area contributed by atoms with E-state index in [-0.39, 0.29) is 11.6 Å². The number of nitrogen functional groups attached to an aromatic ring is 1. The molecule has 0 saturated carbocycles. The Morgan fingerprint density at radius 1 is 1.60 bits per heavy atom. The Hall–Kier alpha value is -1.23. The Labute approximate surface area is 92.2 Å². The molecule has 82 valence electrons. The molecule has 15 heavy (non-hydrogen) atoms. The van der Waals surface area contributed by atoms with Gasteiger partial charge < -0.3 is 11.1 Å².